The van der Waals surface area contributed by atoms with Crippen LogP contribution in [-0.2, 0) is 0 Å². The second kappa shape index (κ2) is 10.6. The monoisotopic (exact) mass is 461 g/mol. The minimum Gasteiger partial charge on any atom is -0.507 e. The number of phenols is 2. The van der Waals surface area contributed by atoms with Crippen molar-refractivity contribution in [3.05, 3.63) is 66.7 Å². The molecule has 0 aliphatic carbocycles. The normalized spacial score (nSPS) is 10.8. The standard InChI is InChI=1S/C25H23N3O6/c29-10-12-33-17-6-8-19(21(31)14-17)24-26-23(16-4-2-1-3-5-16)27-25(28-24)20-9-7-18(15-22(20)32)34-13-11-30/h1-9,14-15,29-32H,10-13H2. The van der Waals surface area contributed by atoms with Crippen molar-refractivity contribution in [3.8, 4) is 57.2 Å². The van der Waals surface area contributed by atoms with Crippen molar-refractivity contribution < 1.29 is 29.9 Å². The Kier molecular flexibility index (Phi) is 7.16. The molecule has 0 saturated heterocycles. The summed E-state index contributed by atoms with van der Waals surface area (Å²) in [4.78, 5) is 13.6. The maximum absolute atomic E-state index is 10.6. The predicted molar refractivity (Wildman–Crippen MR) is 125 cm³/mol. The van der Waals surface area contributed by atoms with Crippen molar-refractivity contribution in [2.75, 3.05) is 26.4 Å². The third kappa shape index (κ3) is 5.22. The van der Waals surface area contributed by atoms with E-state index in [1.807, 2.05) is 30.3 Å². The van der Waals surface area contributed by atoms with Gasteiger partial charge >= 0.3 is 0 Å². The number of hydrogen-bond donors (Lipinski definition) is 4. The van der Waals surface area contributed by atoms with Gasteiger partial charge in [-0.2, -0.15) is 0 Å². The molecule has 9 heteroatoms. The summed E-state index contributed by atoms with van der Waals surface area (Å²) < 4.78 is 10.7. The summed E-state index contributed by atoms with van der Waals surface area (Å²) in [6.45, 7) is -0.0888. The van der Waals surface area contributed by atoms with E-state index in [1.165, 1.54) is 12.1 Å². The first-order chi connectivity index (χ1) is 16.6. The molecule has 0 aliphatic heterocycles. The van der Waals surface area contributed by atoms with Crippen LogP contribution < -0.4 is 9.47 Å². The van der Waals surface area contributed by atoms with Crippen molar-refractivity contribution >= 4 is 0 Å². The summed E-state index contributed by atoms with van der Waals surface area (Å²) in [6, 6.07) is 18.6. The van der Waals surface area contributed by atoms with Gasteiger partial charge in [0.2, 0.25) is 0 Å². The molecule has 9 nitrogen and oxygen atoms in total. The molecule has 1 aromatic heterocycles. The van der Waals surface area contributed by atoms with E-state index in [1.54, 1.807) is 24.3 Å². The summed E-state index contributed by atoms with van der Waals surface area (Å²) in [7, 11) is 0. The Balaban J connectivity index is 1.80. The SMILES string of the molecule is OCCOc1ccc(-c2nc(-c3ccccc3)nc(-c3ccc(OCCO)cc3O)n2)c(O)c1. The molecular formula is C25H23N3O6. The number of phenolic OH excluding ortho intramolecular Hbond substituents is 2. The number of aromatic nitrogens is 3. The summed E-state index contributed by atoms with van der Waals surface area (Å²) >= 11 is 0. The minimum absolute atomic E-state index is 0.101. The molecule has 0 atom stereocenters. The molecule has 0 amide bonds. The van der Waals surface area contributed by atoms with Gasteiger partial charge in [0.1, 0.15) is 36.2 Å². The quantitative estimate of drug-likeness (QED) is 0.296. The number of rotatable bonds is 9. The molecule has 0 aliphatic rings. The second-order valence-corrected chi connectivity index (χ2v) is 7.17. The van der Waals surface area contributed by atoms with Gasteiger partial charge in [-0.05, 0) is 24.3 Å². The lowest BCUT2D eigenvalue weighted by Crippen LogP contribution is -2.03. The van der Waals surface area contributed by atoms with Crippen LogP contribution in [0.4, 0.5) is 0 Å². The molecule has 1 heterocycles. The van der Waals surface area contributed by atoms with Crippen molar-refractivity contribution in [1.82, 2.24) is 15.0 Å². The second-order valence-electron chi connectivity index (χ2n) is 7.17. The van der Waals surface area contributed by atoms with Crippen LogP contribution in [0.5, 0.6) is 23.0 Å². The lowest BCUT2D eigenvalue weighted by molar-refractivity contribution is 0.201. The van der Waals surface area contributed by atoms with Gasteiger partial charge in [0, 0.05) is 17.7 Å². The van der Waals surface area contributed by atoms with Gasteiger partial charge in [-0.1, -0.05) is 30.3 Å². The van der Waals surface area contributed by atoms with Gasteiger partial charge in [-0.25, -0.2) is 15.0 Å². The van der Waals surface area contributed by atoms with Gasteiger partial charge < -0.3 is 29.9 Å². The molecule has 0 fully saturated rings. The summed E-state index contributed by atoms with van der Waals surface area (Å²) in [5.41, 5.74) is 1.43. The van der Waals surface area contributed by atoms with E-state index >= 15 is 0 Å². The van der Waals surface area contributed by atoms with Crippen molar-refractivity contribution in [2.45, 2.75) is 0 Å². The van der Waals surface area contributed by atoms with Crippen molar-refractivity contribution in [2.24, 2.45) is 0 Å². The maximum Gasteiger partial charge on any atom is 0.167 e. The van der Waals surface area contributed by atoms with E-state index in [0.717, 1.165) is 5.56 Å². The summed E-state index contributed by atoms with van der Waals surface area (Å²) in [5, 5.41) is 39.1. The zero-order valence-electron chi connectivity index (χ0n) is 18.1. The Bertz CT molecular complexity index is 1190. The summed E-state index contributed by atoms with van der Waals surface area (Å²) in [5.74, 6) is 1.34. The Morgan fingerprint density at radius 1 is 0.588 bits per heavy atom. The first kappa shape index (κ1) is 23.0. The Morgan fingerprint density at radius 2 is 1.06 bits per heavy atom. The van der Waals surface area contributed by atoms with Crippen LogP contribution in [0.25, 0.3) is 34.2 Å². The first-order valence-corrected chi connectivity index (χ1v) is 10.5. The van der Waals surface area contributed by atoms with E-state index in [0.29, 0.717) is 28.5 Å². The molecule has 4 rings (SSSR count). The van der Waals surface area contributed by atoms with E-state index in [-0.39, 0.29) is 49.6 Å². The molecule has 174 valence electrons. The molecule has 0 saturated carbocycles. The van der Waals surface area contributed by atoms with Gasteiger partial charge in [0.15, 0.2) is 17.5 Å². The smallest absolute Gasteiger partial charge is 0.167 e. The molecule has 4 aromatic rings. The number of benzene rings is 3. The van der Waals surface area contributed by atoms with Crippen LogP contribution >= 0.6 is 0 Å². The first-order valence-electron chi connectivity index (χ1n) is 10.5. The third-order valence-electron chi connectivity index (χ3n) is 4.81. The highest BCUT2D eigenvalue weighted by atomic mass is 16.5. The fourth-order valence-corrected chi connectivity index (χ4v) is 3.24. The predicted octanol–water partition coefficient (Wildman–Crippen LogP) is 3.03. The van der Waals surface area contributed by atoms with E-state index in [9.17, 15) is 10.2 Å². The molecule has 0 bridgehead atoms. The Morgan fingerprint density at radius 3 is 1.50 bits per heavy atom. The number of hydrogen-bond acceptors (Lipinski definition) is 9. The zero-order valence-corrected chi connectivity index (χ0v) is 18.1. The van der Waals surface area contributed by atoms with Crippen LogP contribution in [0.1, 0.15) is 0 Å². The highest BCUT2D eigenvalue weighted by Gasteiger charge is 2.17. The molecule has 3 aromatic carbocycles. The average molecular weight is 461 g/mol. The number of aliphatic hydroxyl groups excluding tert-OH is 2. The third-order valence-corrected chi connectivity index (χ3v) is 4.81. The van der Waals surface area contributed by atoms with Gasteiger partial charge in [0.25, 0.3) is 0 Å². The largest absolute Gasteiger partial charge is 0.507 e. The molecule has 0 spiro atoms. The lowest BCUT2D eigenvalue weighted by atomic mass is 10.1. The summed E-state index contributed by atoms with van der Waals surface area (Å²) in [6.07, 6.45) is 0. The number of nitrogens with zero attached hydrogens (tertiary/aromatic N) is 3. The highest BCUT2D eigenvalue weighted by molar-refractivity contribution is 5.72. The number of ether oxygens (including phenoxy) is 2. The number of aromatic hydroxyl groups is 2. The van der Waals surface area contributed by atoms with Crippen LogP contribution in [0.3, 0.4) is 0 Å². The molecule has 34 heavy (non-hydrogen) atoms. The van der Waals surface area contributed by atoms with Crippen molar-refractivity contribution in [1.29, 1.82) is 0 Å². The van der Waals surface area contributed by atoms with Gasteiger partial charge in [-0.15, -0.1) is 0 Å². The topological polar surface area (TPSA) is 138 Å². The molecule has 0 radical (unpaired) electrons. The Labute approximate surface area is 195 Å². The molecule has 4 N–H and O–H groups in total. The van der Waals surface area contributed by atoms with Gasteiger partial charge in [-0.3, -0.25) is 0 Å². The van der Waals surface area contributed by atoms with Crippen LogP contribution in [0.15, 0.2) is 66.7 Å². The fourth-order valence-electron chi connectivity index (χ4n) is 3.24. The lowest BCUT2D eigenvalue weighted by Gasteiger charge is -2.12. The van der Waals surface area contributed by atoms with Crippen LogP contribution in [-0.4, -0.2) is 61.8 Å². The van der Waals surface area contributed by atoms with Crippen LogP contribution in [0, 0.1) is 0 Å². The van der Waals surface area contributed by atoms with E-state index in [2.05, 4.69) is 15.0 Å². The molecule has 0 unspecified atom stereocenters. The highest BCUT2D eigenvalue weighted by Crippen LogP contribution is 2.35. The van der Waals surface area contributed by atoms with E-state index in [4.69, 9.17) is 19.7 Å². The maximum atomic E-state index is 10.6. The minimum atomic E-state index is -0.146. The Hall–Kier alpha value is -4.21. The van der Waals surface area contributed by atoms with Crippen LogP contribution in [0.2, 0.25) is 0 Å². The van der Waals surface area contributed by atoms with Gasteiger partial charge in [0.05, 0.1) is 24.3 Å². The average Bonchev–Trinajstić information content (AvgIpc) is 2.86. The molecular weight excluding hydrogens is 438 g/mol. The number of aliphatic hydroxyl groups is 2. The fraction of sp³-hybridized carbons (Fsp3) is 0.160. The van der Waals surface area contributed by atoms with E-state index < -0.39 is 0 Å². The zero-order chi connectivity index (χ0) is 23.9. The van der Waals surface area contributed by atoms with Crippen molar-refractivity contribution in [3.63, 3.8) is 0 Å².